The molecule has 1 saturated heterocycles. The second-order valence-electron chi connectivity index (χ2n) is 8.17. The zero-order valence-corrected chi connectivity index (χ0v) is 19.0. The maximum Gasteiger partial charge on any atom is 0.287 e. The Labute approximate surface area is 189 Å². The number of aryl methyl sites for hydroxylation is 1. The summed E-state index contributed by atoms with van der Waals surface area (Å²) < 4.78 is 30.9. The molecule has 4 rings (SSSR count). The van der Waals surface area contributed by atoms with Gasteiger partial charge in [0, 0.05) is 6.54 Å². The maximum atomic E-state index is 12.8. The van der Waals surface area contributed by atoms with Crippen molar-refractivity contribution in [1.29, 1.82) is 0 Å². The quantitative estimate of drug-likeness (QED) is 0.576. The highest BCUT2D eigenvalue weighted by Crippen LogP contribution is 2.26. The van der Waals surface area contributed by atoms with Crippen LogP contribution in [0.3, 0.4) is 0 Å². The SMILES string of the molecule is Cc1ccc(C(CNC(=O)c2ccc(S(=O)(=O)c3ccccc3)o2)N2CCCCC2)cc1. The van der Waals surface area contributed by atoms with Gasteiger partial charge in [-0.05, 0) is 62.7 Å². The Morgan fingerprint density at radius 2 is 1.66 bits per heavy atom. The Balaban J connectivity index is 1.48. The maximum absolute atomic E-state index is 12.8. The number of nitrogens with zero attached hydrogens (tertiary/aromatic N) is 1. The van der Waals surface area contributed by atoms with E-state index in [4.69, 9.17) is 4.42 Å². The van der Waals surface area contributed by atoms with E-state index in [1.807, 2.05) is 0 Å². The van der Waals surface area contributed by atoms with Gasteiger partial charge in [-0.2, -0.15) is 0 Å². The molecule has 1 amide bonds. The number of furan rings is 1. The summed E-state index contributed by atoms with van der Waals surface area (Å²) >= 11 is 0. The van der Waals surface area contributed by atoms with Crippen molar-refractivity contribution < 1.29 is 17.6 Å². The van der Waals surface area contributed by atoms with Crippen molar-refractivity contribution >= 4 is 15.7 Å². The van der Waals surface area contributed by atoms with Crippen molar-refractivity contribution in [2.45, 2.75) is 42.2 Å². The van der Waals surface area contributed by atoms with Crippen LogP contribution in [0, 0.1) is 6.92 Å². The third-order valence-electron chi connectivity index (χ3n) is 5.87. The van der Waals surface area contributed by atoms with Gasteiger partial charge in [-0.3, -0.25) is 9.69 Å². The van der Waals surface area contributed by atoms with E-state index < -0.39 is 15.7 Å². The van der Waals surface area contributed by atoms with Gasteiger partial charge in [0.05, 0.1) is 10.9 Å². The normalized spacial score (nSPS) is 15.9. The van der Waals surface area contributed by atoms with Crippen molar-refractivity contribution in [2.24, 2.45) is 0 Å². The van der Waals surface area contributed by atoms with Crippen molar-refractivity contribution in [3.05, 3.63) is 83.6 Å². The second kappa shape index (κ2) is 9.71. The van der Waals surface area contributed by atoms with Gasteiger partial charge in [-0.1, -0.05) is 54.4 Å². The van der Waals surface area contributed by atoms with Crippen LogP contribution >= 0.6 is 0 Å². The summed E-state index contributed by atoms with van der Waals surface area (Å²) in [5, 5.41) is 2.71. The summed E-state index contributed by atoms with van der Waals surface area (Å²) in [5.41, 5.74) is 2.35. The van der Waals surface area contributed by atoms with E-state index in [1.54, 1.807) is 18.2 Å². The molecule has 32 heavy (non-hydrogen) atoms. The van der Waals surface area contributed by atoms with E-state index in [1.165, 1.54) is 36.2 Å². The highest BCUT2D eigenvalue weighted by molar-refractivity contribution is 7.91. The standard InChI is InChI=1S/C25H28N2O4S/c1-19-10-12-20(13-11-19)22(27-16-6-3-7-17-27)18-26-25(28)23-14-15-24(31-23)32(29,30)21-8-4-2-5-9-21/h2,4-5,8-15,22H,3,6-7,16-18H2,1H3,(H,26,28). The van der Waals surface area contributed by atoms with Gasteiger partial charge in [0.25, 0.3) is 5.91 Å². The fourth-order valence-corrected chi connectivity index (χ4v) is 5.25. The first-order valence-electron chi connectivity index (χ1n) is 10.9. The summed E-state index contributed by atoms with van der Waals surface area (Å²) in [6.07, 6.45) is 3.53. The zero-order valence-electron chi connectivity index (χ0n) is 18.2. The fourth-order valence-electron chi connectivity index (χ4n) is 4.06. The molecule has 7 heteroatoms. The number of sulfone groups is 1. The monoisotopic (exact) mass is 452 g/mol. The Kier molecular flexibility index (Phi) is 6.77. The minimum absolute atomic E-state index is 0.0131. The highest BCUT2D eigenvalue weighted by Gasteiger charge is 2.26. The van der Waals surface area contributed by atoms with Crippen LogP contribution < -0.4 is 5.32 Å². The predicted octanol–water partition coefficient (Wildman–Crippen LogP) is 4.38. The lowest BCUT2D eigenvalue weighted by Crippen LogP contribution is -2.40. The number of benzene rings is 2. The molecular weight excluding hydrogens is 424 g/mol. The molecule has 3 aromatic rings. The second-order valence-corrected chi connectivity index (χ2v) is 10.0. The summed E-state index contributed by atoms with van der Waals surface area (Å²) in [5.74, 6) is -0.436. The minimum atomic E-state index is -3.80. The number of nitrogens with one attached hydrogen (secondary N) is 1. The molecule has 1 aromatic heterocycles. The van der Waals surface area contributed by atoms with Crippen LogP contribution in [0.25, 0.3) is 0 Å². The molecule has 0 bridgehead atoms. The Morgan fingerprint density at radius 1 is 0.969 bits per heavy atom. The largest absolute Gasteiger partial charge is 0.439 e. The molecule has 0 saturated carbocycles. The van der Waals surface area contributed by atoms with Crippen LogP contribution in [-0.4, -0.2) is 38.9 Å². The van der Waals surface area contributed by atoms with Gasteiger partial charge in [-0.15, -0.1) is 0 Å². The molecular formula is C25H28N2O4S. The Morgan fingerprint density at radius 3 is 2.34 bits per heavy atom. The zero-order chi connectivity index (χ0) is 22.6. The average molecular weight is 453 g/mol. The Hall–Kier alpha value is -2.90. The van der Waals surface area contributed by atoms with E-state index in [9.17, 15) is 13.2 Å². The molecule has 1 aliphatic heterocycles. The van der Waals surface area contributed by atoms with Gasteiger partial charge in [0.2, 0.25) is 14.9 Å². The van der Waals surface area contributed by atoms with Gasteiger partial charge in [0.1, 0.15) is 0 Å². The topological polar surface area (TPSA) is 79.6 Å². The van der Waals surface area contributed by atoms with E-state index in [0.29, 0.717) is 6.54 Å². The molecule has 1 aliphatic rings. The molecule has 1 N–H and O–H groups in total. The molecule has 1 fully saturated rings. The molecule has 0 radical (unpaired) electrons. The number of rotatable bonds is 7. The number of carbonyl (C=O) groups is 1. The van der Waals surface area contributed by atoms with Gasteiger partial charge in [-0.25, -0.2) is 8.42 Å². The first kappa shape index (κ1) is 22.3. The fraction of sp³-hybridized carbons (Fsp3) is 0.320. The molecule has 0 spiro atoms. The van der Waals surface area contributed by atoms with Gasteiger partial charge in [0.15, 0.2) is 5.76 Å². The van der Waals surface area contributed by atoms with E-state index >= 15 is 0 Å². The molecule has 0 aliphatic carbocycles. The summed E-state index contributed by atoms with van der Waals surface area (Å²) in [7, 11) is -3.80. The van der Waals surface area contributed by atoms with E-state index in [-0.39, 0.29) is 21.8 Å². The van der Waals surface area contributed by atoms with E-state index in [2.05, 4.69) is 41.4 Å². The molecule has 1 unspecified atom stereocenters. The summed E-state index contributed by atoms with van der Waals surface area (Å²) in [6.45, 7) is 4.46. The third-order valence-corrected chi connectivity index (χ3v) is 7.51. The van der Waals surface area contributed by atoms with Crippen molar-refractivity contribution in [3.8, 4) is 0 Å². The number of carbonyl (C=O) groups excluding carboxylic acids is 1. The first-order valence-corrected chi connectivity index (χ1v) is 12.4. The molecule has 6 nitrogen and oxygen atoms in total. The number of likely N-dealkylation sites (tertiary alicyclic amines) is 1. The lowest BCUT2D eigenvalue weighted by Gasteiger charge is -2.35. The molecule has 2 heterocycles. The van der Waals surface area contributed by atoms with Crippen molar-refractivity contribution in [3.63, 3.8) is 0 Å². The number of piperidine rings is 1. The van der Waals surface area contributed by atoms with Crippen molar-refractivity contribution in [2.75, 3.05) is 19.6 Å². The minimum Gasteiger partial charge on any atom is -0.439 e. The predicted molar refractivity (Wildman–Crippen MR) is 122 cm³/mol. The van der Waals surface area contributed by atoms with Gasteiger partial charge >= 0.3 is 0 Å². The molecule has 168 valence electrons. The smallest absolute Gasteiger partial charge is 0.287 e. The van der Waals surface area contributed by atoms with Crippen LogP contribution in [0.15, 0.2) is 81.1 Å². The number of amides is 1. The molecule has 2 aromatic carbocycles. The van der Waals surface area contributed by atoms with E-state index in [0.717, 1.165) is 31.5 Å². The average Bonchev–Trinajstić information content (AvgIpc) is 3.33. The van der Waals surface area contributed by atoms with Crippen LogP contribution in [0.1, 0.15) is 47.0 Å². The number of hydrogen-bond donors (Lipinski definition) is 1. The summed E-state index contributed by atoms with van der Waals surface area (Å²) in [4.78, 5) is 15.3. The highest BCUT2D eigenvalue weighted by atomic mass is 32.2. The van der Waals surface area contributed by atoms with Crippen molar-refractivity contribution in [1.82, 2.24) is 10.2 Å². The van der Waals surface area contributed by atoms with Crippen LogP contribution in [0.5, 0.6) is 0 Å². The third kappa shape index (κ3) is 4.95. The van der Waals surface area contributed by atoms with Crippen LogP contribution in [-0.2, 0) is 9.84 Å². The molecule has 1 atom stereocenters. The number of hydrogen-bond acceptors (Lipinski definition) is 5. The summed E-state index contributed by atoms with van der Waals surface area (Å²) in [6, 6.07) is 19.2. The first-order chi connectivity index (χ1) is 15.4. The van der Waals surface area contributed by atoms with Gasteiger partial charge < -0.3 is 9.73 Å². The van der Waals surface area contributed by atoms with Crippen LogP contribution in [0.4, 0.5) is 0 Å². The van der Waals surface area contributed by atoms with Crippen LogP contribution in [0.2, 0.25) is 0 Å². The lowest BCUT2D eigenvalue weighted by molar-refractivity contribution is 0.0892. The Bertz CT molecular complexity index is 1150. The lowest BCUT2D eigenvalue weighted by atomic mass is 10.0.